The number of allylic oxidation sites excluding steroid dienone is 7. The molecule has 5 aromatic rings. The number of carbonyl (C=O) groups excluding carboxylic acids is 1. The van der Waals surface area contributed by atoms with Crippen LogP contribution in [-0.4, -0.2) is 90.8 Å². The third kappa shape index (κ3) is 16.4. The first-order chi connectivity index (χ1) is 42.7. The van der Waals surface area contributed by atoms with Gasteiger partial charge in [0.15, 0.2) is 11.9 Å². The molecule has 4 aliphatic rings. The number of H-pyrrole nitrogens is 1. The highest BCUT2D eigenvalue weighted by molar-refractivity contribution is 9.11. The summed E-state index contributed by atoms with van der Waals surface area (Å²) in [5.74, 6) is 5.38. The standard InChI is InChI=1S/C61H68Br2N9O15P3/c1-40-21-24-50-48(33-40)61(4,5)54(71(50)31-28-63)26-23-43-16-12-15-42(22-25-53-60(2,3)47-19-9-10-20-49(47)70(53)30-27-62)56(43)65-36-41-13-11-17-44(34-41)57(74)64-29-32-69-38-46(67-68-69)18-8-6-7-14-45-37-72(59(76)66-58(45)75)55-35-51(73)52(85-55)39-84-89(80,81)87-90(82,83)86-88(77,78)79/h9-11,13,17,19-28,30-31,33-34,37-38,51-52,55,73H,6,8,12,15-16,18,29,32,35-36,39H2,1-5H3,(H6,64,66,74,75,76,77,78,79,80,81,82,83)/p+1/b30-27+,31-28+,43-23?,54-26?/t51-,52-,55?/m1/s1. The number of aliphatic hydroxyl groups excluding tert-OH is 1. The minimum absolute atomic E-state index is 0.112. The van der Waals surface area contributed by atoms with Crippen molar-refractivity contribution in [1.82, 2.24) is 35.2 Å². The lowest BCUT2D eigenvalue weighted by Crippen LogP contribution is -2.33. The number of nitrogens with one attached hydrogen (secondary N) is 3. The van der Waals surface area contributed by atoms with E-state index < -0.39 is 59.8 Å². The second-order valence-corrected chi connectivity index (χ2v) is 28.2. The number of fused-ring (bicyclic) bond motifs is 2. The molecule has 0 bridgehead atoms. The summed E-state index contributed by atoms with van der Waals surface area (Å²) >= 11 is 7.09. The third-order valence-electron chi connectivity index (χ3n) is 15.7. The quantitative estimate of drug-likeness (QED) is 0.0130. The fourth-order valence-electron chi connectivity index (χ4n) is 11.3. The van der Waals surface area contributed by atoms with Crippen LogP contribution < -0.4 is 26.8 Å². The number of aromatic amines is 1. The summed E-state index contributed by atoms with van der Waals surface area (Å²) < 4.78 is 57.1. The van der Waals surface area contributed by atoms with E-state index in [1.165, 1.54) is 27.8 Å². The predicted octanol–water partition coefficient (Wildman–Crippen LogP) is 9.73. The van der Waals surface area contributed by atoms with Crippen LogP contribution in [0.1, 0.15) is 116 Å². The Bertz CT molecular complexity index is 4150. The van der Waals surface area contributed by atoms with Crippen molar-refractivity contribution in [2.75, 3.05) is 18.1 Å². The molecule has 90 heavy (non-hydrogen) atoms. The molecule has 3 aromatic carbocycles. The van der Waals surface area contributed by atoms with Gasteiger partial charge >= 0.3 is 29.2 Å². The van der Waals surface area contributed by atoms with Crippen LogP contribution in [0.15, 0.2) is 158 Å². The third-order valence-corrected chi connectivity index (χ3v) is 20.0. The smallest absolute Gasteiger partial charge is 0.390 e. The Hall–Kier alpha value is -6.49. The summed E-state index contributed by atoms with van der Waals surface area (Å²) in [7, 11) is -16.9. The van der Waals surface area contributed by atoms with Gasteiger partial charge in [-0.3, -0.25) is 28.3 Å². The molecular weight excluding hydrogens is 1350 g/mol. The number of amides is 1. The second-order valence-electron chi connectivity index (χ2n) is 22.8. The normalized spacial score (nSPS) is 21.1. The number of aryl methyl sites for hydroxylation is 2. The van der Waals surface area contributed by atoms with Crippen molar-refractivity contribution >= 4 is 78.3 Å². The maximum atomic E-state index is 13.7. The minimum atomic E-state index is -5.79. The monoisotopic (exact) mass is 1420 g/mol. The number of rotatable bonds is 23. The molecule has 0 spiro atoms. The molecule has 3 aliphatic heterocycles. The molecule has 0 radical (unpaired) electrons. The van der Waals surface area contributed by atoms with Crippen LogP contribution in [0.5, 0.6) is 0 Å². The topological polar surface area (TPSA) is 322 Å². The van der Waals surface area contributed by atoms with Crippen LogP contribution in [0.25, 0.3) is 0 Å². The number of benzene rings is 3. The highest BCUT2D eigenvalue weighted by atomic mass is 79.9. The van der Waals surface area contributed by atoms with Crippen molar-refractivity contribution in [1.29, 1.82) is 0 Å². The Balaban J connectivity index is 0.812. The first-order valence-electron chi connectivity index (χ1n) is 28.7. The van der Waals surface area contributed by atoms with Crippen LogP contribution in [0, 0.1) is 18.8 Å². The fraction of sp³-hybridized carbons (Fsp3) is 0.344. The molecule has 3 unspecified atom stereocenters. The van der Waals surface area contributed by atoms with Crippen LogP contribution in [0.4, 0.5) is 11.4 Å². The maximum absolute atomic E-state index is 13.7. The van der Waals surface area contributed by atoms with E-state index in [-0.39, 0.29) is 35.3 Å². The Morgan fingerprint density at radius 1 is 0.933 bits per heavy atom. The first kappa shape index (κ1) is 67.9. The van der Waals surface area contributed by atoms with Gasteiger partial charge in [0.25, 0.3) is 11.5 Å². The number of aliphatic hydroxyl groups is 1. The van der Waals surface area contributed by atoms with E-state index in [9.17, 15) is 43.0 Å². The highest BCUT2D eigenvalue weighted by Crippen LogP contribution is 2.66. The second kappa shape index (κ2) is 28.6. The molecule has 9 rings (SSSR count). The number of anilines is 1. The van der Waals surface area contributed by atoms with Gasteiger partial charge in [-0.15, -0.1) is 5.10 Å². The highest BCUT2D eigenvalue weighted by Gasteiger charge is 2.45. The molecule has 1 aliphatic carbocycles. The summed E-state index contributed by atoms with van der Waals surface area (Å²) in [6.45, 7) is 11.3. The molecule has 8 N–H and O–H groups in total. The zero-order valence-corrected chi connectivity index (χ0v) is 55.6. The largest absolute Gasteiger partial charge is 0.490 e. The average Bonchev–Trinajstić information content (AvgIpc) is 1.61. The summed E-state index contributed by atoms with van der Waals surface area (Å²) in [6.07, 6.45) is 15.8. The SMILES string of the molecule is Cc1ccc2c(c1)C(C)(C)C(=CC=C1CCCC(C=CC3=[N+](/C=C/Br)c4ccccc4C3(C)C)=C1NCc1cccc(C(=O)NCCn3cc(CCCC#Cc4cn(C5C[C@@H](O)[C@@H](COP(=O)(O)OP(=O)(O)OP(=O)(O)O)O5)c(=O)[nH]c4=O)nn3)c1)N2/C=C/Br. The van der Waals surface area contributed by atoms with Gasteiger partial charge in [0.2, 0.25) is 5.69 Å². The summed E-state index contributed by atoms with van der Waals surface area (Å²) in [5.41, 5.74) is 11.6. The van der Waals surface area contributed by atoms with E-state index in [4.69, 9.17) is 14.5 Å². The number of phosphoric ester groups is 1. The molecule has 1 amide bonds. The van der Waals surface area contributed by atoms with Crippen LogP contribution in [-0.2, 0) is 61.9 Å². The summed E-state index contributed by atoms with van der Waals surface area (Å²) in [5, 5.41) is 25.9. The van der Waals surface area contributed by atoms with Crippen LogP contribution in [0.3, 0.4) is 0 Å². The number of phosphoric acid groups is 3. The molecule has 476 valence electrons. The van der Waals surface area contributed by atoms with Gasteiger partial charge in [0.1, 0.15) is 17.9 Å². The van der Waals surface area contributed by atoms with E-state index in [0.29, 0.717) is 43.6 Å². The van der Waals surface area contributed by atoms with E-state index in [1.807, 2.05) is 28.2 Å². The number of aromatic nitrogens is 5. The molecular formula is C61H69Br2N9O15P3+. The number of hydrogen-bond donors (Lipinski definition) is 8. The number of halogens is 2. The Kier molecular flexibility index (Phi) is 21.6. The number of unbranched alkanes of at least 4 members (excludes halogenated alkanes) is 1. The lowest BCUT2D eigenvalue weighted by atomic mass is 9.81. The zero-order valence-electron chi connectivity index (χ0n) is 49.7. The summed E-state index contributed by atoms with van der Waals surface area (Å²) in [4.78, 5) is 83.9. The Morgan fingerprint density at radius 3 is 2.49 bits per heavy atom. The number of nitrogens with zero attached hydrogens (tertiary/aromatic N) is 6. The van der Waals surface area contributed by atoms with Crippen molar-refractivity contribution < 1.29 is 65.6 Å². The fourth-order valence-corrected chi connectivity index (χ4v) is 14.8. The summed E-state index contributed by atoms with van der Waals surface area (Å²) in [6, 6.07) is 22.7. The lowest BCUT2D eigenvalue weighted by Gasteiger charge is -2.26. The van der Waals surface area contributed by atoms with Gasteiger partial charge in [0.05, 0.1) is 30.4 Å². The average molecular weight is 1420 g/mol. The zero-order chi connectivity index (χ0) is 64.8. The maximum Gasteiger partial charge on any atom is 0.490 e. The van der Waals surface area contributed by atoms with Gasteiger partial charge in [0, 0.05) is 95.3 Å². The van der Waals surface area contributed by atoms with Crippen molar-refractivity contribution in [3.8, 4) is 11.8 Å². The van der Waals surface area contributed by atoms with Crippen LogP contribution in [0.2, 0.25) is 0 Å². The first-order valence-corrected chi connectivity index (χ1v) is 35.0. The number of hydrogen-bond acceptors (Lipinski definition) is 15. The van der Waals surface area contributed by atoms with Gasteiger partial charge in [-0.2, -0.15) is 13.2 Å². The lowest BCUT2D eigenvalue weighted by molar-refractivity contribution is -0.356. The molecule has 2 aromatic heterocycles. The van der Waals surface area contributed by atoms with Crippen molar-refractivity contribution in [2.45, 2.75) is 122 Å². The minimum Gasteiger partial charge on any atom is -0.390 e. The number of carbonyl (C=O) groups is 1. The molecule has 5 atom stereocenters. The Morgan fingerprint density at radius 2 is 1.72 bits per heavy atom. The molecule has 1 fully saturated rings. The van der Waals surface area contributed by atoms with E-state index >= 15 is 0 Å². The predicted molar refractivity (Wildman–Crippen MR) is 345 cm³/mol. The number of para-hydroxylation sites is 1. The molecule has 1 saturated heterocycles. The van der Waals surface area contributed by atoms with Gasteiger partial charge < -0.3 is 45.0 Å². The van der Waals surface area contributed by atoms with E-state index in [1.54, 1.807) is 16.9 Å². The van der Waals surface area contributed by atoms with E-state index in [0.717, 1.165) is 64.1 Å². The van der Waals surface area contributed by atoms with Gasteiger partial charge in [-0.1, -0.05) is 123 Å². The molecule has 5 heterocycles. The van der Waals surface area contributed by atoms with Crippen molar-refractivity contribution in [3.63, 3.8) is 0 Å². The van der Waals surface area contributed by atoms with Gasteiger partial charge in [-0.25, -0.2) is 18.5 Å². The van der Waals surface area contributed by atoms with Crippen molar-refractivity contribution in [2.24, 2.45) is 0 Å². The van der Waals surface area contributed by atoms with Gasteiger partial charge in [-0.05, 0) is 104 Å². The molecule has 24 nitrogen and oxygen atoms in total. The van der Waals surface area contributed by atoms with Crippen LogP contribution >= 0.6 is 55.3 Å². The Labute approximate surface area is 536 Å². The van der Waals surface area contributed by atoms with E-state index in [2.05, 4.69) is 206 Å². The number of ether oxygens (including phenoxy) is 1. The molecule has 29 heteroatoms. The van der Waals surface area contributed by atoms with Crippen molar-refractivity contribution in [3.05, 3.63) is 208 Å². The molecule has 0 saturated carbocycles.